The summed E-state index contributed by atoms with van der Waals surface area (Å²) in [6.45, 7) is 1.43. The number of nitrogens with one attached hydrogen (secondary N) is 1. The second kappa shape index (κ2) is 7.25. The molecule has 0 aliphatic heterocycles. The molecule has 0 aromatic heterocycles. The van der Waals surface area contributed by atoms with E-state index in [9.17, 15) is 22.8 Å². The number of rotatable bonds is 5. The lowest BCUT2D eigenvalue weighted by molar-refractivity contribution is -0.137. The van der Waals surface area contributed by atoms with E-state index in [2.05, 4.69) is 10.3 Å². The Morgan fingerprint density at radius 2 is 1.92 bits per heavy atom. The molecule has 0 spiro atoms. The molecule has 0 heterocycles. The number of benzene rings is 1. The molecule has 1 unspecified atom stereocenters. The van der Waals surface area contributed by atoms with Gasteiger partial charge in [-0.05, 0) is 49.4 Å². The predicted molar refractivity (Wildman–Crippen MR) is 87.5 cm³/mol. The lowest BCUT2D eigenvalue weighted by atomic mass is 10.0. The van der Waals surface area contributed by atoms with Crippen molar-refractivity contribution in [2.75, 3.05) is 14.1 Å². The fraction of sp³-hybridized carbons (Fsp3) is 0.471. The molecular formula is C17H20F3N3O2. The molecule has 25 heavy (non-hydrogen) atoms. The summed E-state index contributed by atoms with van der Waals surface area (Å²) in [6.07, 6.45) is -1.61. The van der Waals surface area contributed by atoms with Crippen molar-refractivity contribution in [2.45, 2.75) is 37.9 Å². The Morgan fingerprint density at radius 3 is 2.44 bits per heavy atom. The molecule has 8 heteroatoms. The maximum Gasteiger partial charge on any atom is 0.416 e. The van der Waals surface area contributed by atoms with E-state index in [1.807, 2.05) is 0 Å². The van der Waals surface area contributed by atoms with Crippen molar-refractivity contribution in [2.24, 2.45) is 4.99 Å². The summed E-state index contributed by atoms with van der Waals surface area (Å²) >= 11 is 0. The molecule has 1 aromatic rings. The fourth-order valence-corrected chi connectivity index (χ4v) is 2.22. The highest BCUT2D eigenvalue weighted by Gasteiger charge is 2.34. The summed E-state index contributed by atoms with van der Waals surface area (Å²) in [4.78, 5) is 29.3. The molecule has 1 aromatic carbocycles. The highest BCUT2D eigenvalue weighted by molar-refractivity contribution is 5.98. The van der Waals surface area contributed by atoms with Crippen LogP contribution in [0.1, 0.15) is 47.2 Å². The largest absolute Gasteiger partial charge is 0.416 e. The van der Waals surface area contributed by atoms with Crippen LogP contribution in [0.3, 0.4) is 0 Å². The van der Waals surface area contributed by atoms with Crippen LogP contribution in [0.2, 0.25) is 0 Å². The second-order valence-electron chi connectivity index (χ2n) is 6.36. The van der Waals surface area contributed by atoms with Gasteiger partial charge < -0.3 is 10.2 Å². The lowest BCUT2D eigenvalue weighted by Gasteiger charge is -2.14. The highest BCUT2D eigenvalue weighted by Crippen LogP contribution is 2.42. The van der Waals surface area contributed by atoms with E-state index in [-0.39, 0.29) is 11.5 Å². The van der Waals surface area contributed by atoms with Gasteiger partial charge in [0.25, 0.3) is 11.8 Å². The van der Waals surface area contributed by atoms with Gasteiger partial charge in [0.05, 0.1) is 11.9 Å². The monoisotopic (exact) mass is 355 g/mol. The van der Waals surface area contributed by atoms with Crippen LogP contribution in [0.15, 0.2) is 23.2 Å². The highest BCUT2D eigenvalue weighted by atomic mass is 19.4. The number of hydrogen-bond acceptors (Lipinski definition) is 2. The number of carbonyl (C=O) groups is 2. The van der Waals surface area contributed by atoms with Crippen LogP contribution in [-0.2, 0) is 11.0 Å². The van der Waals surface area contributed by atoms with Crippen molar-refractivity contribution in [3.05, 3.63) is 34.9 Å². The van der Waals surface area contributed by atoms with Crippen molar-refractivity contribution in [3.63, 3.8) is 0 Å². The standard InChI is InChI=1S/C17H20F3N3O2/c1-10(15(24)21-9-23(2)3)22-16(25)13-6-12(11-4-5-11)7-14(8-13)17(18,19)20/h6-11H,4-5H2,1-3H3,(H,22,25). The minimum atomic E-state index is -4.53. The maximum atomic E-state index is 13.1. The van der Waals surface area contributed by atoms with E-state index >= 15 is 0 Å². The van der Waals surface area contributed by atoms with E-state index in [4.69, 9.17) is 0 Å². The Balaban J connectivity index is 2.18. The number of carbonyl (C=O) groups excluding carboxylic acids is 2. The van der Waals surface area contributed by atoms with E-state index in [0.29, 0.717) is 5.56 Å². The molecule has 1 aliphatic rings. The average molecular weight is 355 g/mol. The van der Waals surface area contributed by atoms with Gasteiger partial charge in [-0.25, -0.2) is 4.99 Å². The van der Waals surface area contributed by atoms with Crippen molar-refractivity contribution in [3.8, 4) is 0 Å². The first-order valence-corrected chi connectivity index (χ1v) is 7.85. The van der Waals surface area contributed by atoms with Gasteiger partial charge in [-0.1, -0.05) is 0 Å². The van der Waals surface area contributed by atoms with Gasteiger partial charge in [-0.3, -0.25) is 9.59 Å². The van der Waals surface area contributed by atoms with Crippen LogP contribution in [0.4, 0.5) is 13.2 Å². The van der Waals surface area contributed by atoms with E-state index in [0.717, 1.165) is 25.0 Å². The molecule has 2 amide bonds. The Hall–Kier alpha value is -2.38. The van der Waals surface area contributed by atoms with Crippen LogP contribution < -0.4 is 5.32 Å². The van der Waals surface area contributed by atoms with Crippen molar-refractivity contribution in [1.82, 2.24) is 10.2 Å². The number of nitrogens with zero attached hydrogens (tertiary/aromatic N) is 2. The summed E-state index contributed by atoms with van der Waals surface area (Å²) < 4.78 is 39.2. The first kappa shape index (κ1) is 19.0. The van der Waals surface area contributed by atoms with Crippen molar-refractivity contribution >= 4 is 18.2 Å². The number of halogens is 3. The number of aliphatic imine (C=N–C) groups is 1. The molecular weight excluding hydrogens is 335 g/mol. The summed E-state index contributed by atoms with van der Waals surface area (Å²) in [6, 6.07) is 2.41. The molecule has 0 radical (unpaired) electrons. The van der Waals surface area contributed by atoms with Gasteiger partial charge in [-0.2, -0.15) is 13.2 Å². The van der Waals surface area contributed by atoms with Gasteiger partial charge in [-0.15, -0.1) is 0 Å². The number of amides is 2. The summed E-state index contributed by atoms with van der Waals surface area (Å²) in [5.41, 5.74) is -0.454. The molecule has 1 fully saturated rings. The Kier molecular flexibility index (Phi) is 5.49. The molecule has 0 bridgehead atoms. The quantitative estimate of drug-likeness (QED) is 0.653. The molecule has 5 nitrogen and oxygen atoms in total. The van der Waals surface area contributed by atoms with E-state index < -0.39 is 29.6 Å². The van der Waals surface area contributed by atoms with Gasteiger partial charge in [0.2, 0.25) is 0 Å². The van der Waals surface area contributed by atoms with E-state index in [1.54, 1.807) is 19.0 Å². The lowest BCUT2D eigenvalue weighted by Crippen LogP contribution is -2.38. The maximum absolute atomic E-state index is 13.1. The minimum Gasteiger partial charge on any atom is -0.369 e. The average Bonchev–Trinajstić information content (AvgIpc) is 3.35. The second-order valence-corrected chi connectivity index (χ2v) is 6.36. The first-order chi connectivity index (χ1) is 11.6. The normalized spacial score (nSPS) is 15.9. The van der Waals surface area contributed by atoms with Gasteiger partial charge >= 0.3 is 6.18 Å². The summed E-state index contributed by atoms with van der Waals surface area (Å²) in [5.74, 6) is -1.25. The molecule has 1 saturated carbocycles. The fourth-order valence-electron chi connectivity index (χ4n) is 2.22. The zero-order valence-corrected chi connectivity index (χ0v) is 14.2. The van der Waals surface area contributed by atoms with Crippen LogP contribution >= 0.6 is 0 Å². The third-order valence-corrected chi connectivity index (χ3v) is 3.73. The Labute approximate surface area is 143 Å². The van der Waals surface area contributed by atoms with Crippen LogP contribution in [-0.4, -0.2) is 43.2 Å². The van der Waals surface area contributed by atoms with Crippen molar-refractivity contribution < 1.29 is 22.8 Å². The third kappa shape index (κ3) is 5.30. The third-order valence-electron chi connectivity index (χ3n) is 3.73. The summed E-state index contributed by atoms with van der Waals surface area (Å²) in [7, 11) is 3.37. The molecule has 1 N–H and O–H groups in total. The number of hydrogen-bond donors (Lipinski definition) is 1. The zero-order valence-electron chi connectivity index (χ0n) is 14.2. The topological polar surface area (TPSA) is 61.8 Å². The number of alkyl halides is 3. The molecule has 136 valence electrons. The molecule has 0 saturated heterocycles. The van der Waals surface area contributed by atoms with Crippen LogP contribution in [0.5, 0.6) is 0 Å². The zero-order chi connectivity index (χ0) is 18.8. The van der Waals surface area contributed by atoms with Gasteiger partial charge in [0, 0.05) is 19.7 Å². The molecule has 2 rings (SSSR count). The smallest absolute Gasteiger partial charge is 0.369 e. The Bertz CT molecular complexity index is 695. The predicted octanol–water partition coefficient (Wildman–Crippen LogP) is 2.82. The first-order valence-electron chi connectivity index (χ1n) is 7.85. The molecule has 1 aliphatic carbocycles. The van der Waals surface area contributed by atoms with Gasteiger partial charge in [0.15, 0.2) is 0 Å². The molecule has 1 atom stereocenters. The SMILES string of the molecule is CC(NC(=O)c1cc(C2CC2)cc(C(F)(F)F)c1)C(=O)N=CN(C)C. The van der Waals surface area contributed by atoms with Gasteiger partial charge in [0.1, 0.15) is 6.04 Å². The van der Waals surface area contributed by atoms with Crippen LogP contribution in [0, 0.1) is 0 Å². The Morgan fingerprint density at radius 1 is 1.28 bits per heavy atom. The van der Waals surface area contributed by atoms with Crippen LogP contribution in [0.25, 0.3) is 0 Å². The van der Waals surface area contributed by atoms with E-state index in [1.165, 1.54) is 19.3 Å². The minimum absolute atomic E-state index is 0.0672. The summed E-state index contributed by atoms with van der Waals surface area (Å²) in [5, 5.41) is 2.40. The van der Waals surface area contributed by atoms with Crippen molar-refractivity contribution in [1.29, 1.82) is 0 Å².